The first-order valence-electron chi connectivity index (χ1n) is 6.63. The summed E-state index contributed by atoms with van der Waals surface area (Å²) in [7, 11) is 1.64. The molecule has 0 aromatic carbocycles. The molecule has 0 spiro atoms. The molecule has 0 radical (unpaired) electrons. The minimum atomic E-state index is -0.129. The van der Waals surface area contributed by atoms with Crippen LogP contribution in [0.2, 0.25) is 0 Å². The first-order valence-corrected chi connectivity index (χ1v) is 6.63. The van der Waals surface area contributed by atoms with Crippen LogP contribution in [0.3, 0.4) is 0 Å². The van der Waals surface area contributed by atoms with Gasteiger partial charge in [0.1, 0.15) is 0 Å². The minimum absolute atomic E-state index is 0.129. The van der Waals surface area contributed by atoms with Gasteiger partial charge < -0.3 is 19.9 Å². The van der Waals surface area contributed by atoms with Crippen LogP contribution in [-0.4, -0.2) is 46.1 Å². The van der Waals surface area contributed by atoms with Gasteiger partial charge in [-0.3, -0.25) is 4.79 Å². The molecule has 0 bridgehead atoms. The second kappa shape index (κ2) is 12.8. The first-order chi connectivity index (χ1) is 8.70. The lowest BCUT2D eigenvalue weighted by molar-refractivity contribution is -0.144. The van der Waals surface area contributed by atoms with Gasteiger partial charge in [0.2, 0.25) is 0 Å². The van der Waals surface area contributed by atoms with Gasteiger partial charge in [0.05, 0.1) is 19.8 Å². The third-order valence-corrected chi connectivity index (χ3v) is 2.63. The number of ether oxygens (including phenoxy) is 3. The Balaban J connectivity index is 3.26. The van der Waals surface area contributed by atoms with Crippen LogP contribution in [-0.2, 0) is 19.0 Å². The van der Waals surface area contributed by atoms with Crippen LogP contribution in [0.1, 0.15) is 32.6 Å². The smallest absolute Gasteiger partial charge is 0.305 e. The molecule has 0 aromatic rings. The van der Waals surface area contributed by atoms with Gasteiger partial charge >= 0.3 is 5.97 Å². The predicted molar refractivity (Wildman–Crippen MR) is 70.3 cm³/mol. The number of hydrogen-bond donors (Lipinski definition) is 1. The fourth-order valence-corrected chi connectivity index (χ4v) is 1.46. The normalized spacial score (nSPS) is 12.4. The highest BCUT2D eigenvalue weighted by atomic mass is 16.5. The zero-order valence-electron chi connectivity index (χ0n) is 11.7. The van der Waals surface area contributed by atoms with Crippen molar-refractivity contribution in [2.45, 2.75) is 32.6 Å². The molecule has 0 rings (SSSR count). The van der Waals surface area contributed by atoms with E-state index in [1.54, 1.807) is 7.11 Å². The highest BCUT2D eigenvalue weighted by Gasteiger charge is 2.07. The maximum atomic E-state index is 11.4. The van der Waals surface area contributed by atoms with Gasteiger partial charge in [0.15, 0.2) is 0 Å². The third kappa shape index (κ3) is 11.8. The maximum Gasteiger partial charge on any atom is 0.305 e. The van der Waals surface area contributed by atoms with Crippen LogP contribution < -0.4 is 5.73 Å². The van der Waals surface area contributed by atoms with Crippen molar-refractivity contribution in [3.8, 4) is 0 Å². The van der Waals surface area contributed by atoms with Crippen LogP contribution in [0.5, 0.6) is 0 Å². The third-order valence-electron chi connectivity index (χ3n) is 2.63. The Morgan fingerprint density at radius 2 is 1.94 bits per heavy atom. The second-order valence-electron chi connectivity index (χ2n) is 4.40. The quantitative estimate of drug-likeness (QED) is 0.424. The van der Waals surface area contributed by atoms with Crippen LogP contribution in [0.15, 0.2) is 0 Å². The van der Waals surface area contributed by atoms with E-state index in [9.17, 15) is 4.79 Å². The van der Waals surface area contributed by atoms with Gasteiger partial charge in [-0.2, -0.15) is 0 Å². The molecule has 1 unspecified atom stereocenters. The van der Waals surface area contributed by atoms with Crippen molar-refractivity contribution in [1.82, 2.24) is 0 Å². The Morgan fingerprint density at radius 3 is 2.61 bits per heavy atom. The molecule has 2 N–H and O–H groups in total. The molecule has 0 aromatic heterocycles. The Morgan fingerprint density at radius 1 is 1.17 bits per heavy atom. The van der Waals surface area contributed by atoms with E-state index in [0.29, 0.717) is 45.3 Å². The van der Waals surface area contributed by atoms with E-state index in [2.05, 4.69) is 6.92 Å². The van der Waals surface area contributed by atoms with Crippen molar-refractivity contribution in [2.75, 3.05) is 40.1 Å². The summed E-state index contributed by atoms with van der Waals surface area (Å²) >= 11 is 0. The summed E-state index contributed by atoms with van der Waals surface area (Å²) in [6.07, 6.45) is 3.01. The van der Waals surface area contributed by atoms with Gasteiger partial charge in [0.25, 0.3) is 0 Å². The average molecular weight is 261 g/mol. The van der Waals surface area contributed by atoms with Crippen LogP contribution in [0, 0.1) is 5.92 Å². The van der Waals surface area contributed by atoms with Crippen LogP contribution >= 0.6 is 0 Å². The van der Waals surface area contributed by atoms with Gasteiger partial charge in [-0.05, 0) is 25.3 Å². The van der Waals surface area contributed by atoms with E-state index in [1.165, 1.54) is 0 Å². The summed E-state index contributed by atoms with van der Waals surface area (Å²) in [5.41, 5.74) is 5.45. The summed E-state index contributed by atoms with van der Waals surface area (Å²) in [6, 6.07) is 0. The summed E-state index contributed by atoms with van der Waals surface area (Å²) in [5, 5.41) is 0. The van der Waals surface area contributed by atoms with Crippen LogP contribution in [0.25, 0.3) is 0 Å². The Labute approximate surface area is 110 Å². The summed E-state index contributed by atoms with van der Waals surface area (Å²) in [6.45, 7) is 4.98. The average Bonchev–Trinajstić information content (AvgIpc) is 2.35. The highest BCUT2D eigenvalue weighted by Crippen LogP contribution is 2.09. The van der Waals surface area contributed by atoms with E-state index in [-0.39, 0.29) is 5.97 Å². The molecule has 108 valence electrons. The molecular weight excluding hydrogens is 234 g/mol. The SMILES string of the molecule is COCCOCCCOC(=O)CCC(C)CCN. The van der Waals surface area contributed by atoms with Crippen molar-refractivity contribution < 1.29 is 19.0 Å². The zero-order chi connectivity index (χ0) is 13.6. The maximum absolute atomic E-state index is 11.4. The number of carbonyl (C=O) groups excluding carboxylic acids is 1. The van der Waals surface area contributed by atoms with Gasteiger partial charge in [-0.1, -0.05) is 6.92 Å². The van der Waals surface area contributed by atoms with Crippen molar-refractivity contribution in [3.05, 3.63) is 0 Å². The van der Waals surface area contributed by atoms with Gasteiger partial charge in [0, 0.05) is 26.6 Å². The molecule has 5 nitrogen and oxygen atoms in total. The van der Waals surface area contributed by atoms with Crippen molar-refractivity contribution in [2.24, 2.45) is 11.7 Å². The summed E-state index contributed by atoms with van der Waals surface area (Å²) < 4.78 is 15.2. The predicted octanol–water partition coefficient (Wildman–Crippen LogP) is 1.35. The molecule has 5 heteroatoms. The lowest BCUT2D eigenvalue weighted by Gasteiger charge is -2.09. The molecule has 0 aliphatic carbocycles. The highest BCUT2D eigenvalue weighted by molar-refractivity contribution is 5.69. The van der Waals surface area contributed by atoms with Gasteiger partial charge in [-0.15, -0.1) is 0 Å². The Bertz CT molecular complexity index is 199. The summed E-state index contributed by atoms with van der Waals surface area (Å²) in [5.74, 6) is 0.357. The zero-order valence-corrected chi connectivity index (χ0v) is 11.7. The second-order valence-corrected chi connectivity index (χ2v) is 4.40. The molecule has 0 saturated heterocycles. The largest absolute Gasteiger partial charge is 0.466 e. The molecular formula is C13H27NO4. The monoisotopic (exact) mass is 261 g/mol. The fourth-order valence-electron chi connectivity index (χ4n) is 1.46. The molecule has 0 aliphatic heterocycles. The molecule has 1 atom stereocenters. The summed E-state index contributed by atoms with van der Waals surface area (Å²) in [4.78, 5) is 11.4. The van der Waals surface area contributed by atoms with Gasteiger partial charge in [-0.25, -0.2) is 0 Å². The minimum Gasteiger partial charge on any atom is -0.466 e. The fraction of sp³-hybridized carbons (Fsp3) is 0.923. The van der Waals surface area contributed by atoms with Crippen molar-refractivity contribution in [1.29, 1.82) is 0 Å². The van der Waals surface area contributed by atoms with E-state index in [4.69, 9.17) is 19.9 Å². The molecule has 18 heavy (non-hydrogen) atoms. The Kier molecular flexibility index (Phi) is 12.3. The number of hydrogen-bond acceptors (Lipinski definition) is 5. The molecule has 0 saturated carbocycles. The molecule has 0 aliphatic rings. The molecule has 0 amide bonds. The van der Waals surface area contributed by atoms with E-state index >= 15 is 0 Å². The Hall–Kier alpha value is -0.650. The van der Waals surface area contributed by atoms with Crippen LogP contribution in [0.4, 0.5) is 0 Å². The number of carbonyl (C=O) groups is 1. The molecule has 0 heterocycles. The van der Waals surface area contributed by atoms with E-state index in [1.807, 2.05) is 0 Å². The number of nitrogens with two attached hydrogens (primary N) is 1. The lowest BCUT2D eigenvalue weighted by Crippen LogP contribution is -2.11. The standard InChI is InChI=1S/C13H27NO4/c1-12(6-7-14)4-5-13(15)18-9-3-8-17-11-10-16-2/h12H,3-11,14H2,1-2H3. The van der Waals surface area contributed by atoms with E-state index < -0.39 is 0 Å². The topological polar surface area (TPSA) is 70.8 Å². The lowest BCUT2D eigenvalue weighted by atomic mass is 10.0. The molecule has 0 fully saturated rings. The van der Waals surface area contributed by atoms with Crippen molar-refractivity contribution in [3.63, 3.8) is 0 Å². The number of methoxy groups -OCH3 is 1. The number of esters is 1. The number of rotatable bonds is 12. The van der Waals surface area contributed by atoms with E-state index in [0.717, 1.165) is 19.3 Å². The van der Waals surface area contributed by atoms with Crippen molar-refractivity contribution >= 4 is 5.97 Å². The first kappa shape index (κ1) is 17.4.